The number of hydrogen-bond donors (Lipinski definition) is 1. The van der Waals surface area contributed by atoms with Gasteiger partial charge in [0.25, 0.3) is 9.05 Å². The second-order valence-corrected chi connectivity index (χ2v) is 7.08. The second kappa shape index (κ2) is 5.28. The molecule has 0 unspecified atom stereocenters. The lowest BCUT2D eigenvalue weighted by Crippen LogP contribution is -2.19. The molecule has 0 bridgehead atoms. The molecule has 1 aromatic carbocycles. The van der Waals surface area contributed by atoms with Gasteiger partial charge in [-0.1, -0.05) is 13.8 Å². The zero-order chi connectivity index (χ0) is 14.1. The highest BCUT2D eigenvalue weighted by atomic mass is 35.7. The van der Waals surface area contributed by atoms with Crippen molar-refractivity contribution in [2.24, 2.45) is 5.92 Å². The first-order chi connectivity index (χ1) is 8.12. The topological polar surface area (TPSA) is 63.2 Å². The summed E-state index contributed by atoms with van der Waals surface area (Å²) < 4.78 is 22.5. The van der Waals surface area contributed by atoms with Gasteiger partial charge in [0.15, 0.2) is 0 Å². The Labute approximate surface area is 112 Å². The highest BCUT2D eigenvalue weighted by Crippen LogP contribution is 2.26. The van der Waals surface area contributed by atoms with E-state index in [0.29, 0.717) is 16.8 Å². The van der Waals surface area contributed by atoms with Crippen molar-refractivity contribution < 1.29 is 13.2 Å². The van der Waals surface area contributed by atoms with E-state index < -0.39 is 9.05 Å². The summed E-state index contributed by atoms with van der Waals surface area (Å²) in [7, 11) is 1.55. The predicted molar refractivity (Wildman–Crippen MR) is 72.4 cm³/mol. The SMILES string of the molecule is Cc1cc(S(=O)(=O)Cl)cc(C)c1NC(=O)C(C)C. The molecule has 0 fully saturated rings. The van der Waals surface area contributed by atoms with E-state index >= 15 is 0 Å². The smallest absolute Gasteiger partial charge is 0.261 e. The maximum atomic E-state index is 11.6. The molecular formula is C12H16ClNO3S. The molecule has 0 aromatic heterocycles. The van der Waals surface area contributed by atoms with Crippen LogP contribution in [0, 0.1) is 19.8 Å². The minimum atomic E-state index is -3.75. The summed E-state index contributed by atoms with van der Waals surface area (Å²) in [5.41, 5.74) is 1.98. The Morgan fingerprint density at radius 2 is 1.67 bits per heavy atom. The maximum absolute atomic E-state index is 11.6. The molecule has 0 radical (unpaired) electrons. The Hall–Kier alpha value is -1.07. The van der Waals surface area contributed by atoms with Crippen LogP contribution in [0.4, 0.5) is 5.69 Å². The van der Waals surface area contributed by atoms with Gasteiger partial charge in [-0.05, 0) is 37.1 Å². The molecule has 1 rings (SSSR count). The first kappa shape index (κ1) is 15.0. The number of nitrogens with one attached hydrogen (secondary N) is 1. The van der Waals surface area contributed by atoms with E-state index in [1.54, 1.807) is 27.7 Å². The molecule has 0 saturated carbocycles. The van der Waals surface area contributed by atoms with Crippen LogP contribution in [0.1, 0.15) is 25.0 Å². The quantitative estimate of drug-likeness (QED) is 0.870. The Morgan fingerprint density at radius 1 is 1.22 bits per heavy atom. The lowest BCUT2D eigenvalue weighted by atomic mass is 10.1. The number of rotatable bonds is 3. The van der Waals surface area contributed by atoms with Gasteiger partial charge in [-0.2, -0.15) is 0 Å². The molecule has 0 aliphatic heterocycles. The third-order valence-corrected chi connectivity index (χ3v) is 3.89. The van der Waals surface area contributed by atoms with E-state index in [2.05, 4.69) is 5.32 Å². The van der Waals surface area contributed by atoms with E-state index in [0.717, 1.165) is 0 Å². The number of benzene rings is 1. The number of carbonyl (C=O) groups excluding carboxylic acids is 1. The van der Waals surface area contributed by atoms with Crippen molar-refractivity contribution in [3.05, 3.63) is 23.3 Å². The molecule has 0 saturated heterocycles. The van der Waals surface area contributed by atoms with Crippen LogP contribution >= 0.6 is 10.7 Å². The van der Waals surface area contributed by atoms with Gasteiger partial charge >= 0.3 is 0 Å². The van der Waals surface area contributed by atoms with Gasteiger partial charge in [-0.15, -0.1) is 0 Å². The number of aryl methyl sites for hydroxylation is 2. The average Bonchev–Trinajstić information content (AvgIpc) is 2.21. The van der Waals surface area contributed by atoms with Crippen molar-refractivity contribution >= 4 is 31.3 Å². The largest absolute Gasteiger partial charge is 0.325 e. The fraction of sp³-hybridized carbons (Fsp3) is 0.417. The molecule has 1 aromatic rings. The molecule has 100 valence electrons. The summed E-state index contributed by atoms with van der Waals surface area (Å²) in [6.07, 6.45) is 0. The molecule has 0 spiro atoms. The van der Waals surface area contributed by atoms with Gasteiger partial charge < -0.3 is 5.32 Å². The molecule has 4 nitrogen and oxygen atoms in total. The molecule has 1 N–H and O–H groups in total. The van der Waals surface area contributed by atoms with Crippen molar-refractivity contribution in [2.75, 3.05) is 5.32 Å². The van der Waals surface area contributed by atoms with Crippen LogP contribution in [-0.4, -0.2) is 14.3 Å². The first-order valence-electron chi connectivity index (χ1n) is 5.49. The Kier molecular flexibility index (Phi) is 4.40. The first-order valence-corrected chi connectivity index (χ1v) is 7.80. The molecule has 18 heavy (non-hydrogen) atoms. The van der Waals surface area contributed by atoms with Crippen LogP contribution < -0.4 is 5.32 Å². The van der Waals surface area contributed by atoms with E-state index in [1.165, 1.54) is 12.1 Å². The molecule has 0 heterocycles. The number of hydrogen-bond acceptors (Lipinski definition) is 3. The van der Waals surface area contributed by atoms with Crippen molar-refractivity contribution in [3.63, 3.8) is 0 Å². The van der Waals surface area contributed by atoms with Crippen molar-refractivity contribution in [1.82, 2.24) is 0 Å². The summed E-state index contributed by atoms with van der Waals surface area (Å²) >= 11 is 0. The lowest BCUT2D eigenvalue weighted by Gasteiger charge is -2.14. The normalized spacial score (nSPS) is 11.7. The Bertz CT molecular complexity index is 556. The monoisotopic (exact) mass is 289 g/mol. The van der Waals surface area contributed by atoms with Gasteiger partial charge in [0.05, 0.1) is 4.90 Å². The average molecular weight is 290 g/mol. The fourth-order valence-corrected chi connectivity index (χ4v) is 2.43. The number of halogens is 1. The van der Waals surface area contributed by atoms with Crippen LogP contribution in [0.5, 0.6) is 0 Å². The van der Waals surface area contributed by atoms with Crippen molar-refractivity contribution in [1.29, 1.82) is 0 Å². The van der Waals surface area contributed by atoms with Crippen molar-refractivity contribution in [2.45, 2.75) is 32.6 Å². The summed E-state index contributed by atoms with van der Waals surface area (Å²) in [6.45, 7) is 7.04. The molecular weight excluding hydrogens is 274 g/mol. The minimum Gasteiger partial charge on any atom is -0.325 e. The fourth-order valence-electron chi connectivity index (χ4n) is 1.53. The van der Waals surface area contributed by atoms with Crippen LogP contribution in [0.3, 0.4) is 0 Å². The predicted octanol–water partition coefficient (Wildman–Crippen LogP) is 2.83. The summed E-state index contributed by atoms with van der Waals surface area (Å²) in [5.74, 6) is -0.247. The molecule has 0 aliphatic carbocycles. The highest BCUT2D eigenvalue weighted by Gasteiger charge is 2.16. The molecule has 1 amide bonds. The summed E-state index contributed by atoms with van der Waals surface area (Å²) in [5, 5.41) is 2.78. The molecule has 0 atom stereocenters. The zero-order valence-corrected chi connectivity index (χ0v) is 12.3. The van der Waals surface area contributed by atoms with Gasteiger partial charge in [0.2, 0.25) is 5.91 Å². The Balaban J connectivity index is 3.22. The minimum absolute atomic E-state index is 0.0433. The second-order valence-electron chi connectivity index (χ2n) is 4.51. The van der Waals surface area contributed by atoms with Crippen LogP contribution in [-0.2, 0) is 13.8 Å². The molecule has 6 heteroatoms. The van der Waals surface area contributed by atoms with Crippen LogP contribution in [0.2, 0.25) is 0 Å². The maximum Gasteiger partial charge on any atom is 0.261 e. The van der Waals surface area contributed by atoms with Gasteiger partial charge in [-0.25, -0.2) is 8.42 Å². The Morgan fingerprint density at radius 3 is 2.00 bits per heavy atom. The van der Waals surface area contributed by atoms with Crippen LogP contribution in [0.15, 0.2) is 17.0 Å². The number of carbonyl (C=O) groups is 1. The highest BCUT2D eigenvalue weighted by molar-refractivity contribution is 8.13. The summed E-state index contributed by atoms with van der Waals surface area (Å²) in [4.78, 5) is 11.7. The zero-order valence-electron chi connectivity index (χ0n) is 10.7. The van der Waals surface area contributed by atoms with Gasteiger partial charge in [-0.3, -0.25) is 4.79 Å². The van der Waals surface area contributed by atoms with E-state index in [1.807, 2.05) is 0 Å². The van der Waals surface area contributed by atoms with Crippen LogP contribution in [0.25, 0.3) is 0 Å². The van der Waals surface area contributed by atoms with Crippen molar-refractivity contribution in [3.8, 4) is 0 Å². The third kappa shape index (κ3) is 3.46. The van der Waals surface area contributed by atoms with E-state index in [9.17, 15) is 13.2 Å². The standard InChI is InChI=1S/C12H16ClNO3S/c1-7(2)12(15)14-11-8(3)5-10(6-9(11)4)18(13,16)17/h5-7H,1-4H3,(H,14,15). The number of amides is 1. The number of anilines is 1. The van der Waals surface area contributed by atoms with E-state index in [4.69, 9.17) is 10.7 Å². The summed E-state index contributed by atoms with van der Waals surface area (Å²) in [6, 6.07) is 2.90. The third-order valence-electron chi connectivity index (χ3n) is 2.56. The van der Waals surface area contributed by atoms with Gasteiger partial charge in [0.1, 0.15) is 0 Å². The van der Waals surface area contributed by atoms with Gasteiger partial charge in [0, 0.05) is 22.3 Å². The lowest BCUT2D eigenvalue weighted by molar-refractivity contribution is -0.118. The molecule has 0 aliphatic rings. The van der Waals surface area contributed by atoms with E-state index in [-0.39, 0.29) is 16.7 Å².